The zero-order valence-electron chi connectivity index (χ0n) is 24.6. The Morgan fingerprint density at radius 1 is 1.07 bits per heavy atom. The molecule has 1 saturated heterocycles. The first-order chi connectivity index (χ1) is 19.5. The Labute approximate surface area is 245 Å². The van der Waals surface area contributed by atoms with Gasteiger partial charge in [0, 0.05) is 49.8 Å². The number of carbonyl (C=O) groups excluding carboxylic acids is 2. The van der Waals surface area contributed by atoms with Gasteiger partial charge in [-0.15, -0.1) is 0 Å². The molecule has 0 spiro atoms. The molecule has 1 aromatic carbocycles. The Kier molecular flexibility index (Phi) is 8.13. The molecule has 1 aliphatic carbocycles. The molecule has 41 heavy (non-hydrogen) atoms. The van der Waals surface area contributed by atoms with Crippen LogP contribution in [0.15, 0.2) is 41.4 Å². The third-order valence-corrected chi connectivity index (χ3v) is 8.14. The number of hydrogen-bond acceptors (Lipinski definition) is 7. The van der Waals surface area contributed by atoms with Crippen molar-refractivity contribution in [2.24, 2.45) is 10.9 Å². The molecule has 3 amide bonds. The predicted octanol–water partition coefficient (Wildman–Crippen LogP) is 6.40. The fourth-order valence-corrected chi connectivity index (χ4v) is 6.21. The zero-order chi connectivity index (χ0) is 29.3. The average molecular weight is 575 g/mol. The van der Waals surface area contributed by atoms with E-state index in [2.05, 4.69) is 21.4 Å². The van der Waals surface area contributed by atoms with Gasteiger partial charge >= 0.3 is 12.1 Å². The minimum atomic E-state index is -0.560. The number of rotatable bonds is 5. The molecular formula is C31H38N6O3S. The van der Waals surface area contributed by atoms with E-state index in [1.54, 1.807) is 11.9 Å². The summed E-state index contributed by atoms with van der Waals surface area (Å²) < 4.78 is 5.60. The molecule has 216 valence electrons. The number of nitrogens with one attached hydrogen (secondary N) is 1. The maximum absolute atomic E-state index is 13.7. The topological polar surface area (TPSA) is 100 Å². The largest absolute Gasteiger partial charge is 0.444 e. The molecule has 1 atom stereocenters. The summed E-state index contributed by atoms with van der Waals surface area (Å²) in [4.78, 5) is 44.6. The molecule has 0 bridgehead atoms. The van der Waals surface area contributed by atoms with Crippen LogP contribution in [0.2, 0.25) is 0 Å². The summed E-state index contributed by atoms with van der Waals surface area (Å²) in [6, 6.07) is 11.9. The number of thiazole rings is 1. The number of anilines is 1. The first-order valence-electron chi connectivity index (χ1n) is 14.1. The quantitative estimate of drug-likeness (QED) is 0.356. The average Bonchev–Trinajstić information content (AvgIpc) is 3.66. The van der Waals surface area contributed by atoms with Crippen LogP contribution in [0.4, 0.5) is 14.7 Å². The number of aryl methyl sites for hydroxylation is 2. The van der Waals surface area contributed by atoms with Gasteiger partial charge in [0.2, 0.25) is 0 Å². The van der Waals surface area contributed by atoms with Crippen LogP contribution >= 0.6 is 11.3 Å². The number of hydrogen-bond donors (Lipinski definition) is 1. The number of aliphatic imine (C=N–C) groups is 1. The lowest BCUT2D eigenvalue weighted by Crippen LogP contribution is -2.58. The molecule has 2 aliphatic rings. The van der Waals surface area contributed by atoms with E-state index in [9.17, 15) is 9.59 Å². The van der Waals surface area contributed by atoms with E-state index in [0.717, 1.165) is 51.5 Å². The normalized spacial score (nSPS) is 17.7. The minimum absolute atomic E-state index is 0.0503. The fraction of sp³-hybridized carbons (Fsp3) is 0.452. The van der Waals surface area contributed by atoms with Crippen molar-refractivity contribution < 1.29 is 14.3 Å². The van der Waals surface area contributed by atoms with Gasteiger partial charge in [-0.2, -0.15) is 0 Å². The van der Waals surface area contributed by atoms with E-state index in [1.165, 1.54) is 11.3 Å². The highest BCUT2D eigenvalue weighted by Crippen LogP contribution is 2.41. The van der Waals surface area contributed by atoms with Gasteiger partial charge in [0.1, 0.15) is 5.60 Å². The molecule has 10 heteroatoms. The molecule has 5 rings (SSSR count). The second kappa shape index (κ2) is 11.6. The Morgan fingerprint density at radius 3 is 2.46 bits per heavy atom. The summed E-state index contributed by atoms with van der Waals surface area (Å²) in [5.74, 6) is 0.388. The van der Waals surface area contributed by atoms with E-state index >= 15 is 0 Å². The number of amides is 3. The highest BCUT2D eigenvalue weighted by molar-refractivity contribution is 7.19. The number of benzene rings is 1. The van der Waals surface area contributed by atoms with Crippen LogP contribution in [0.5, 0.6) is 0 Å². The van der Waals surface area contributed by atoms with Gasteiger partial charge in [-0.1, -0.05) is 29.5 Å². The van der Waals surface area contributed by atoms with E-state index in [0.29, 0.717) is 30.7 Å². The number of piperazine rings is 1. The lowest BCUT2D eigenvalue weighted by Gasteiger charge is -2.41. The third kappa shape index (κ3) is 6.93. The molecular weight excluding hydrogens is 536 g/mol. The van der Waals surface area contributed by atoms with E-state index in [-0.39, 0.29) is 18.2 Å². The molecule has 3 aromatic rings. The maximum Gasteiger partial charge on any atom is 0.410 e. The van der Waals surface area contributed by atoms with Crippen LogP contribution < -0.4 is 5.32 Å². The van der Waals surface area contributed by atoms with E-state index in [4.69, 9.17) is 9.72 Å². The van der Waals surface area contributed by atoms with E-state index in [1.807, 2.05) is 76.1 Å². The van der Waals surface area contributed by atoms with Gasteiger partial charge in [-0.3, -0.25) is 15.3 Å². The Hall–Kier alpha value is -3.79. The number of ether oxygens (including phenoxy) is 1. The lowest BCUT2D eigenvalue weighted by molar-refractivity contribution is 0.00783. The molecule has 2 fully saturated rings. The Morgan fingerprint density at radius 2 is 1.80 bits per heavy atom. The van der Waals surface area contributed by atoms with Gasteiger partial charge in [-0.05, 0) is 82.7 Å². The van der Waals surface area contributed by atoms with Crippen molar-refractivity contribution in [2.75, 3.05) is 32.0 Å². The van der Waals surface area contributed by atoms with Gasteiger partial charge in [0.25, 0.3) is 0 Å². The second-order valence-electron chi connectivity index (χ2n) is 11.8. The number of carbonyl (C=O) groups is 2. The van der Waals surface area contributed by atoms with Crippen molar-refractivity contribution in [1.29, 1.82) is 0 Å². The van der Waals surface area contributed by atoms with Crippen LogP contribution in [-0.2, 0) is 4.74 Å². The molecule has 0 radical (unpaired) electrons. The molecule has 2 aromatic heterocycles. The van der Waals surface area contributed by atoms with Crippen molar-refractivity contribution in [2.45, 2.75) is 59.1 Å². The first-order valence-corrected chi connectivity index (χ1v) is 14.9. The van der Waals surface area contributed by atoms with Gasteiger partial charge in [-0.25, -0.2) is 14.6 Å². The van der Waals surface area contributed by atoms with Crippen molar-refractivity contribution >= 4 is 34.8 Å². The maximum atomic E-state index is 13.7. The summed E-state index contributed by atoms with van der Waals surface area (Å²) in [7, 11) is 1.75. The fourth-order valence-electron chi connectivity index (χ4n) is 5.25. The number of pyridine rings is 1. The molecule has 3 heterocycles. The predicted molar refractivity (Wildman–Crippen MR) is 164 cm³/mol. The highest BCUT2D eigenvalue weighted by atomic mass is 32.1. The minimum Gasteiger partial charge on any atom is -0.444 e. The smallest absolute Gasteiger partial charge is 0.410 e. The molecule has 1 aliphatic heterocycles. The van der Waals surface area contributed by atoms with Gasteiger partial charge < -0.3 is 14.5 Å². The van der Waals surface area contributed by atoms with Gasteiger partial charge in [0.05, 0.1) is 16.6 Å². The van der Waals surface area contributed by atoms with Crippen LogP contribution in [-0.4, -0.2) is 76.4 Å². The number of urea groups is 1. The lowest BCUT2D eigenvalue weighted by atomic mass is 10.0. The zero-order valence-corrected chi connectivity index (χ0v) is 25.4. The Balaban J connectivity index is 1.42. The van der Waals surface area contributed by atoms with E-state index < -0.39 is 5.60 Å². The van der Waals surface area contributed by atoms with Crippen molar-refractivity contribution in [1.82, 2.24) is 19.8 Å². The van der Waals surface area contributed by atoms with Crippen LogP contribution in [0.3, 0.4) is 0 Å². The highest BCUT2D eigenvalue weighted by Gasteiger charge is 2.42. The summed E-state index contributed by atoms with van der Waals surface area (Å²) in [5.41, 5.74) is 5.03. The molecule has 1 N–H and O–H groups in total. The van der Waals surface area contributed by atoms with Gasteiger partial charge in [0.15, 0.2) is 5.13 Å². The Bertz CT molecular complexity index is 1450. The standard InChI is InChI=1S/C31H38N6O3S/c1-19-14-24(15-20(2)33-19)27-26(23-9-7-8-21(16-23)17-32-6)34-28(41-27)35-29(38)37-13-12-36(18-25(37)22-10-11-22)30(39)40-31(3,4)5/h7-9,14-17,22,25H,10-13,18H2,1-6H3,(H,34,35,38). The van der Waals surface area contributed by atoms with Crippen LogP contribution in [0, 0.1) is 19.8 Å². The first kappa shape index (κ1) is 28.7. The SMILES string of the molecule is CN=Cc1cccc(-c2nc(NC(=O)N3CCN(C(=O)OC(C)(C)C)CC3C3CC3)sc2-c2cc(C)nc(C)c2)c1. The number of nitrogens with zero attached hydrogens (tertiary/aromatic N) is 5. The second-order valence-corrected chi connectivity index (χ2v) is 12.8. The summed E-state index contributed by atoms with van der Waals surface area (Å²) in [6.07, 6.45) is 3.60. The van der Waals surface area contributed by atoms with Crippen LogP contribution in [0.25, 0.3) is 21.7 Å². The number of aromatic nitrogens is 2. The summed E-state index contributed by atoms with van der Waals surface area (Å²) in [6.45, 7) is 10.9. The summed E-state index contributed by atoms with van der Waals surface area (Å²) >= 11 is 1.46. The van der Waals surface area contributed by atoms with Crippen molar-refractivity contribution in [3.05, 3.63) is 53.3 Å². The molecule has 9 nitrogen and oxygen atoms in total. The summed E-state index contributed by atoms with van der Waals surface area (Å²) in [5, 5.41) is 3.63. The monoisotopic (exact) mass is 574 g/mol. The van der Waals surface area contributed by atoms with Crippen molar-refractivity contribution in [3.8, 4) is 21.7 Å². The molecule has 1 unspecified atom stereocenters. The van der Waals surface area contributed by atoms with Crippen LogP contribution in [0.1, 0.15) is 50.6 Å². The molecule has 1 saturated carbocycles. The third-order valence-electron chi connectivity index (χ3n) is 7.12. The van der Waals surface area contributed by atoms with Crippen molar-refractivity contribution in [3.63, 3.8) is 0 Å².